The Hall–Kier alpha value is -3.61. The van der Waals surface area contributed by atoms with E-state index in [1.165, 1.54) is 30.6 Å². The van der Waals surface area contributed by atoms with E-state index in [9.17, 15) is 27.8 Å². The topological polar surface area (TPSA) is 150 Å². The Labute approximate surface area is 195 Å². The Kier molecular flexibility index (Phi) is 6.46. The van der Waals surface area contributed by atoms with Crippen molar-refractivity contribution in [1.29, 1.82) is 0 Å². The molecule has 0 aliphatic carbocycles. The van der Waals surface area contributed by atoms with Gasteiger partial charge in [0.05, 0.1) is 17.5 Å². The zero-order valence-corrected chi connectivity index (χ0v) is 18.7. The standard InChI is InChI=1S/C22H22FN5O5S/c23-19-9-14(5-6-17(19)15-10-25-21(24)26-11-15)18-3-1-2-4-20(18)34(32,33)28-8-7-27(22(30)31)12-16(28)13-29/h1-6,9-11,16,29H,7-8,12-13H2,(H,30,31)(H2,24,25,26). The van der Waals surface area contributed by atoms with Gasteiger partial charge in [0.25, 0.3) is 0 Å². The minimum absolute atomic E-state index is 0.0276. The molecule has 1 fully saturated rings. The van der Waals surface area contributed by atoms with E-state index in [1.54, 1.807) is 24.3 Å². The lowest BCUT2D eigenvalue weighted by Crippen LogP contribution is -2.57. The first-order valence-electron chi connectivity index (χ1n) is 10.3. The van der Waals surface area contributed by atoms with Crippen LogP contribution in [0.3, 0.4) is 0 Å². The van der Waals surface area contributed by atoms with E-state index < -0.39 is 34.6 Å². The first-order chi connectivity index (χ1) is 16.2. The van der Waals surface area contributed by atoms with Crippen LogP contribution >= 0.6 is 0 Å². The average Bonchev–Trinajstić information content (AvgIpc) is 2.84. The van der Waals surface area contributed by atoms with E-state index in [0.717, 1.165) is 9.21 Å². The van der Waals surface area contributed by atoms with Gasteiger partial charge in [0.2, 0.25) is 16.0 Å². The number of aliphatic hydroxyl groups excluding tert-OH is 1. The number of hydrogen-bond acceptors (Lipinski definition) is 7. The van der Waals surface area contributed by atoms with Crippen LogP contribution in [0.25, 0.3) is 22.3 Å². The molecule has 12 heteroatoms. The SMILES string of the molecule is Nc1ncc(-c2ccc(-c3ccccc3S(=O)(=O)N3CCN(C(=O)O)CC3CO)cc2F)cn1. The number of nitrogen functional groups attached to an aromatic ring is 1. The second kappa shape index (κ2) is 9.33. The molecule has 0 bridgehead atoms. The molecule has 1 aromatic heterocycles. The molecule has 0 radical (unpaired) electrons. The van der Waals surface area contributed by atoms with Crippen molar-refractivity contribution < 1.29 is 27.8 Å². The lowest BCUT2D eigenvalue weighted by Gasteiger charge is -2.38. The predicted octanol–water partition coefficient (Wildman–Crippen LogP) is 1.88. The number of sulfonamides is 1. The van der Waals surface area contributed by atoms with Gasteiger partial charge in [0, 0.05) is 48.7 Å². The monoisotopic (exact) mass is 487 g/mol. The van der Waals surface area contributed by atoms with E-state index in [4.69, 9.17) is 5.73 Å². The van der Waals surface area contributed by atoms with Crippen LogP contribution in [0.1, 0.15) is 0 Å². The highest BCUT2D eigenvalue weighted by atomic mass is 32.2. The summed E-state index contributed by atoms with van der Waals surface area (Å²) in [7, 11) is -4.13. The molecular weight excluding hydrogens is 465 g/mol. The van der Waals surface area contributed by atoms with Crippen molar-refractivity contribution >= 4 is 22.1 Å². The number of piperazine rings is 1. The molecule has 1 saturated heterocycles. The first-order valence-corrected chi connectivity index (χ1v) is 11.7. The van der Waals surface area contributed by atoms with Gasteiger partial charge in [-0.15, -0.1) is 0 Å². The zero-order valence-electron chi connectivity index (χ0n) is 17.9. The lowest BCUT2D eigenvalue weighted by atomic mass is 10.0. The van der Waals surface area contributed by atoms with Crippen molar-refractivity contribution in [2.45, 2.75) is 10.9 Å². The third-order valence-corrected chi connectivity index (χ3v) is 7.66. The largest absolute Gasteiger partial charge is 0.465 e. The highest BCUT2D eigenvalue weighted by molar-refractivity contribution is 7.89. The highest BCUT2D eigenvalue weighted by Gasteiger charge is 2.38. The normalized spacial score (nSPS) is 17.0. The molecule has 1 amide bonds. The summed E-state index contributed by atoms with van der Waals surface area (Å²) in [6, 6.07) is 9.55. The summed E-state index contributed by atoms with van der Waals surface area (Å²) in [5, 5.41) is 19.0. The van der Waals surface area contributed by atoms with E-state index in [-0.39, 0.29) is 41.6 Å². The van der Waals surface area contributed by atoms with Gasteiger partial charge >= 0.3 is 6.09 Å². The maximum absolute atomic E-state index is 15.0. The third kappa shape index (κ3) is 4.42. The van der Waals surface area contributed by atoms with Crippen molar-refractivity contribution in [2.75, 3.05) is 32.0 Å². The number of nitrogens with two attached hydrogens (primary N) is 1. The molecule has 3 aromatic rings. The molecule has 178 valence electrons. The van der Waals surface area contributed by atoms with Gasteiger partial charge in [0.15, 0.2) is 0 Å². The summed E-state index contributed by atoms with van der Waals surface area (Å²) in [6.07, 6.45) is 1.60. The van der Waals surface area contributed by atoms with E-state index in [1.807, 2.05) is 0 Å². The molecule has 2 heterocycles. The predicted molar refractivity (Wildman–Crippen MR) is 122 cm³/mol. The Balaban J connectivity index is 1.71. The fourth-order valence-electron chi connectivity index (χ4n) is 3.93. The molecule has 34 heavy (non-hydrogen) atoms. The summed E-state index contributed by atoms with van der Waals surface area (Å²) >= 11 is 0. The van der Waals surface area contributed by atoms with Gasteiger partial charge in [0.1, 0.15) is 5.82 Å². The van der Waals surface area contributed by atoms with Crippen LogP contribution < -0.4 is 5.73 Å². The number of benzene rings is 2. The second-order valence-corrected chi connectivity index (χ2v) is 9.56. The van der Waals surface area contributed by atoms with Crippen LogP contribution in [0.5, 0.6) is 0 Å². The summed E-state index contributed by atoms with van der Waals surface area (Å²) in [5.41, 5.74) is 6.74. The van der Waals surface area contributed by atoms with Gasteiger partial charge in [-0.25, -0.2) is 27.6 Å². The van der Waals surface area contributed by atoms with E-state index >= 15 is 0 Å². The second-order valence-electron chi connectivity index (χ2n) is 7.70. The fourth-order valence-corrected chi connectivity index (χ4v) is 5.74. The number of hydrogen-bond donors (Lipinski definition) is 3. The Morgan fingerprint density at radius 3 is 2.44 bits per heavy atom. The summed E-state index contributed by atoms with van der Waals surface area (Å²) in [6.45, 7) is -0.836. The van der Waals surface area contributed by atoms with Gasteiger partial charge in [-0.05, 0) is 17.7 Å². The van der Waals surface area contributed by atoms with Crippen LogP contribution in [0.15, 0.2) is 59.8 Å². The molecule has 1 atom stereocenters. The number of aliphatic hydroxyl groups is 1. The number of aromatic nitrogens is 2. The average molecular weight is 488 g/mol. The number of carbonyl (C=O) groups is 1. The van der Waals surface area contributed by atoms with E-state index in [2.05, 4.69) is 9.97 Å². The van der Waals surface area contributed by atoms with Crippen LogP contribution in [0.4, 0.5) is 15.1 Å². The number of anilines is 1. The third-order valence-electron chi connectivity index (χ3n) is 5.65. The van der Waals surface area contributed by atoms with E-state index in [0.29, 0.717) is 11.1 Å². The maximum atomic E-state index is 15.0. The molecule has 4 N–H and O–H groups in total. The molecule has 0 spiro atoms. The quantitative estimate of drug-likeness (QED) is 0.494. The molecule has 1 aliphatic heterocycles. The number of rotatable bonds is 5. The van der Waals surface area contributed by atoms with Crippen molar-refractivity contribution in [3.63, 3.8) is 0 Å². The van der Waals surface area contributed by atoms with Crippen molar-refractivity contribution in [3.8, 4) is 22.3 Å². The van der Waals surface area contributed by atoms with Crippen molar-refractivity contribution in [3.05, 3.63) is 60.7 Å². The van der Waals surface area contributed by atoms with Crippen LogP contribution in [0, 0.1) is 5.82 Å². The molecule has 0 saturated carbocycles. The van der Waals surface area contributed by atoms with Gasteiger partial charge < -0.3 is 20.8 Å². The lowest BCUT2D eigenvalue weighted by molar-refractivity contribution is 0.0817. The summed E-state index contributed by atoms with van der Waals surface area (Å²) in [4.78, 5) is 20.0. The maximum Gasteiger partial charge on any atom is 0.407 e. The highest BCUT2D eigenvalue weighted by Crippen LogP contribution is 2.33. The summed E-state index contributed by atoms with van der Waals surface area (Å²) < 4.78 is 43.2. The Bertz CT molecular complexity index is 1320. The molecule has 1 aliphatic rings. The fraction of sp³-hybridized carbons (Fsp3) is 0.227. The molecular formula is C22H22FN5O5S. The number of nitrogens with zero attached hydrogens (tertiary/aromatic N) is 4. The number of amides is 1. The molecule has 4 rings (SSSR count). The van der Waals surface area contributed by atoms with Crippen molar-refractivity contribution in [2.24, 2.45) is 0 Å². The first kappa shape index (κ1) is 23.5. The van der Waals surface area contributed by atoms with Crippen LogP contribution in [-0.2, 0) is 10.0 Å². The van der Waals surface area contributed by atoms with Gasteiger partial charge in [-0.1, -0.05) is 30.3 Å². The van der Waals surface area contributed by atoms with Gasteiger partial charge in [-0.3, -0.25) is 0 Å². The zero-order chi connectivity index (χ0) is 24.5. The minimum atomic E-state index is -4.13. The minimum Gasteiger partial charge on any atom is -0.465 e. The van der Waals surface area contributed by atoms with Crippen LogP contribution in [-0.4, -0.2) is 76.2 Å². The molecule has 2 aromatic carbocycles. The molecule has 10 nitrogen and oxygen atoms in total. The Morgan fingerprint density at radius 2 is 1.79 bits per heavy atom. The van der Waals surface area contributed by atoms with Crippen molar-refractivity contribution in [1.82, 2.24) is 19.2 Å². The number of carboxylic acid groups (broad SMARTS) is 1. The molecule has 1 unspecified atom stereocenters. The summed E-state index contributed by atoms with van der Waals surface area (Å²) in [5.74, 6) is -0.535. The van der Waals surface area contributed by atoms with Gasteiger partial charge in [-0.2, -0.15) is 4.31 Å². The smallest absolute Gasteiger partial charge is 0.407 e. The Morgan fingerprint density at radius 1 is 1.09 bits per heavy atom. The van der Waals surface area contributed by atoms with Crippen LogP contribution in [0.2, 0.25) is 0 Å². The number of halogens is 1.